The standard InChI is InChI=1S/C25H23N5O4/c1-34-23-17(25(33)28-20(24(26)32)14-15-6-3-2-4-7-15)11-13-19-22(23)18(29-30-19)12-10-16-8-5-9-21(31)27-16/h2-13,20H,14H2,1H3,(H2,26,32)(H,27,31)(H,28,33)(H,29,30)/b12-10+. The fourth-order valence-corrected chi connectivity index (χ4v) is 3.62. The number of hydrogen-bond donors (Lipinski definition) is 4. The zero-order valence-corrected chi connectivity index (χ0v) is 18.4. The number of carbonyl (C=O) groups is 2. The number of amides is 2. The van der Waals surface area contributed by atoms with Gasteiger partial charge in [0.15, 0.2) is 0 Å². The first-order valence-electron chi connectivity index (χ1n) is 10.5. The lowest BCUT2D eigenvalue weighted by molar-refractivity contribution is -0.119. The third kappa shape index (κ3) is 4.88. The lowest BCUT2D eigenvalue weighted by Crippen LogP contribution is -2.45. The Morgan fingerprint density at radius 2 is 1.91 bits per heavy atom. The average Bonchev–Trinajstić information content (AvgIpc) is 3.25. The number of primary amides is 1. The summed E-state index contributed by atoms with van der Waals surface area (Å²) in [5.74, 6) is -0.924. The van der Waals surface area contributed by atoms with Crippen LogP contribution in [-0.2, 0) is 11.2 Å². The van der Waals surface area contributed by atoms with Crippen LogP contribution in [0.5, 0.6) is 11.6 Å². The van der Waals surface area contributed by atoms with Crippen molar-refractivity contribution in [2.75, 3.05) is 7.11 Å². The molecule has 1 atom stereocenters. The molecule has 9 heteroatoms. The molecule has 0 spiro atoms. The SMILES string of the molecule is COc1c(C(=O)NC(Cc2ccccc2)C(N)=O)ccc2[nH]nc(/C=C/c3cccc(O)n3)c12. The number of fused-ring (bicyclic) bond motifs is 1. The molecule has 0 saturated heterocycles. The molecular weight excluding hydrogens is 434 g/mol. The second kappa shape index (κ2) is 9.86. The van der Waals surface area contributed by atoms with Gasteiger partial charge in [-0.3, -0.25) is 14.7 Å². The van der Waals surface area contributed by atoms with Gasteiger partial charge in [0.05, 0.1) is 35.0 Å². The zero-order valence-electron chi connectivity index (χ0n) is 18.4. The van der Waals surface area contributed by atoms with E-state index in [4.69, 9.17) is 10.5 Å². The van der Waals surface area contributed by atoms with Gasteiger partial charge in [0.1, 0.15) is 11.8 Å². The van der Waals surface area contributed by atoms with Crippen LogP contribution in [0.4, 0.5) is 0 Å². The minimum atomic E-state index is -0.893. The summed E-state index contributed by atoms with van der Waals surface area (Å²) in [5, 5.41) is 20.1. The van der Waals surface area contributed by atoms with Crippen molar-refractivity contribution in [2.45, 2.75) is 12.5 Å². The maximum absolute atomic E-state index is 13.1. The van der Waals surface area contributed by atoms with Crippen LogP contribution in [0.2, 0.25) is 0 Å². The molecule has 172 valence electrons. The molecule has 2 aromatic heterocycles. The number of carbonyl (C=O) groups excluding carboxylic acids is 2. The molecule has 4 rings (SSSR count). The first kappa shape index (κ1) is 22.5. The molecule has 0 radical (unpaired) electrons. The van der Waals surface area contributed by atoms with E-state index < -0.39 is 17.9 Å². The van der Waals surface area contributed by atoms with Gasteiger partial charge >= 0.3 is 0 Å². The number of hydrogen-bond acceptors (Lipinski definition) is 6. The van der Waals surface area contributed by atoms with E-state index in [2.05, 4.69) is 20.5 Å². The molecule has 2 aromatic carbocycles. The average molecular weight is 457 g/mol. The van der Waals surface area contributed by atoms with Crippen LogP contribution in [-0.4, -0.2) is 45.3 Å². The predicted molar refractivity (Wildman–Crippen MR) is 128 cm³/mol. The van der Waals surface area contributed by atoms with E-state index in [1.807, 2.05) is 30.3 Å². The Labute approximate surface area is 195 Å². The molecule has 2 heterocycles. The molecule has 5 N–H and O–H groups in total. The molecule has 0 aliphatic rings. The van der Waals surface area contributed by atoms with E-state index in [0.29, 0.717) is 28.0 Å². The third-order valence-corrected chi connectivity index (χ3v) is 5.26. The first-order chi connectivity index (χ1) is 16.5. The van der Waals surface area contributed by atoms with Crippen LogP contribution in [0.1, 0.15) is 27.3 Å². The topological polar surface area (TPSA) is 143 Å². The number of aromatic nitrogens is 3. The van der Waals surface area contributed by atoms with Gasteiger partial charge in [-0.2, -0.15) is 5.10 Å². The van der Waals surface area contributed by atoms with Crippen LogP contribution in [0.25, 0.3) is 23.1 Å². The van der Waals surface area contributed by atoms with Crippen LogP contribution in [0.15, 0.2) is 60.7 Å². The summed E-state index contributed by atoms with van der Waals surface area (Å²) in [5.41, 5.74) is 8.37. The number of aromatic amines is 1. The van der Waals surface area contributed by atoms with E-state index in [1.54, 1.807) is 36.4 Å². The van der Waals surface area contributed by atoms with Crippen molar-refractivity contribution < 1.29 is 19.4 Å². The van der Waals surface area contributed by atoms with Crippen LogP contribution in [0.3, 0.4) is 0 Å². The van der Waals surface area contributed by atoms with Gasteiger partial charge in [-0.05, 0) is 35.9 Å². The van der Waals surface area contributed by atoms with E-state index in [-0.39, 0.29) is 17.9 Å². The Balaban J connectivity index is 1.65. The second-order valence-electron chi connectivity index (χ2n) is 7.55. The van der Waals surface area contributed by atoms with Crippen molar-refractivity contribution in [3.8, 4) is 11.6 Å². The van der Waals surface area contributed by atoms with Gasteiger partial charge in [0.25, 0.3) is 5.91 Å². The number of rotatable bonds is 8. The first-order valence-corrected chi connectivity index (χ1v) is 10.5. The smallest absolute Gasteiger partial charge is 0.255 e. The Hall–Kier alpha value is -4.66. The van der Waals surface area contributed by atoms with Crippen molar-refractivity contribution in [3.05, 3.63) is 83.2 Å². The second-order valence-corrected chi connectivity index (χ2v) is 7.55. The van der Waals surface area contributed by atoms with Gasteiger partial charge in [0.2, 0.25) is 11.8 Å². The number of aromatic hydroxyl groups is 1. The number of nitrogens with zero attached hydrogens (tertiary/aromatic N) is 2. The quantitative estimate of drug-likeness (QED) is 0.320. The zero-order chi connectivity index (χ0) is 24.1. The van der Waals surface area contributed by atoms with Gasteiger partial charge in [-0.15, -0.1) is 0 Å². The van der Waals surface area contributed by atoms with Gasteiger partial charge < -0.3 is 20.9 Å². The summed E-state index contributed by atoms with van der Waals surface area (Å²) < 4.78 is 5.58. The summed E-state index contributed by atoms with van der Waals surface area (Å²) >= 11 is 0. The Morgan fingerprint density at radius 1 is 1.12 bits per heavy atom. The molecule has 0 saturated carbocycles. The maximum Gasteiger partial charge on any atom is 0.255 e. The summed E-state index contributed by atoms with van der Waals surface area (Å²) in [6, 6.07) is 16.6. The molecule has 0 bridgehead atoms. The monoisotopic (exact) mass is 457 g/mol. The number of methoxy groups -OCH3 is 1. The predicted octanol–water partition coefficient (Wildman–Crippen LogP) is 2.67. The van der Waals surface area contributed by atoms with E-state index in [0.717, 1.165) is 5.56 Å². The normalized spacial score (nSPS) is 12.0. The summed E-state index contributed by atoms with van der Waals surface area (Å²) in [6.45, 7) is 0. The molecule has 0 fully saturated rings. The summed E-state index contributed by atoms with van der Waals surface area (Å²) in [7, 11) is 1.46. The van der Waals surface area contributed by atoms with Crippen molar-refractivity contribution in [1.29, 1.82) is 0 Å². The van der Waals surface area contributed by atoms with Crippen molar-refractivity contribution in [3.63, 3.8) is 0 Å². The fourth-order valence-electron chi connectivity index (χ4n) is 3.62. The molecule has 2 amide bonds. The molecule has 34 heavy (non-hydrogen) atoms. The highest BCUT2D eigenvalue weighted by atomic mass is 16.5. The van der Waals surface area contributed by atoms with Gasteiger partial charge in [-0.1, -0.05) is 36.4 Å². The van der Waals surface area contributed by atoms with Crippen LogP contribution >= 0.6 is 0 Å². The molecular formula is C25H23N5O4. The van der Waals surface area contributed by atoms with Crippen molar-refractivity contribution in [2.24, 2.45) is 5.73 Å². The Morgan fingerprint density at radius 3 is 2.62 bits per heavy atom. The number of pyridine rings is 1. The highest BCUT2D eigenvalue weighted by Gasteiger charge is 2.24. The summed E-state index contributed by atoms with van der Waals surface area (Å²) in [4.78, 5) is 29.2. The highest BCUT2D eigenvalue weighted by Crippen LogP contribution is 2.32. The lowest BCUT2D eigenvalue weighted by Gasteiger charge is -2.17. The molecule has 0 aliphatic carbocycles. The third-order valence-electron chi connectivity index (χ3n) is 5.26. The summed E-state index contributed by atoms with van der Waals surface area (Å²) in [6.07, 6.45) is 3.65. The lowest BCUT2D eigenvalue weighted by atomic mass is 10.0. The van der Waals surface area contributed by atoms with E-state index in [9.17, 15) is 14.7 Å². The van der Waals surface area contributed by atoms with Gasteiger partial charge in [0, 0.05) is 12.5 Å². The highest BCUT2D eigenvalue weighted by molar-refractivity contribution is 6.06. The van der Waals surface area contributed by atoms with Crippen molar-refractivity contribution in [1.82, 2.24) is 20.5 Å². The number of ether oxygens (including phenoxy) is 1. The Kier molecular flexibility index (Phi) is 6.54. The maximum atomic E-state index is 13.1. The van der Waals surface area contributed by atoms with E-state index in [1.165, 1.54) is 13.2 Å². The minimum Gasteiger partial charge on any atom is -0.495 e. The molecule has 4 aromatic rings. The molecule has 0 aliphatic heterocycles. The van der Waals surface area contributed by atoms with Crippen LogP contribution < -0.4 is 15.8 Å². The fraction of sp³-hybridized carbons (Fsp3) is 0.120. The van der Waals surface area contributed by atoms with E-state index >= 15 is 0 Å². The van der Waals surface area contributed by atoms with Gasteiger partial charge in [-0.25, -0.2) is 4.98 Å². The number of benzene rings is 2. The van der Waals surface area contributed by atoms with Crippen LogP contribution in [0, 0.1) is 0 Å². The number of nitrogens with one attached hydrogen (secondary N) is 2. The molecule has 1 unspecified atom stereocenters. The van der Waals surface area contributed by atoms with Crippen molar-refractivity contribution >= 4 is 34.9 Å². The Bertz CT molecular complexity index is 1360. The number of nitrogens with two attached hydrogens (primary N) is 1. The largest absolute Gasteiger partial charge is 0.495 e. The molecule has 9 nitrogen and oxygen atoms in total. The number of H-pyrrole nitrogens is 1. The minimum absolute atomic E-state index is 0.0925.